The van der Waals surface area contributed by atoms with E-state index in [0.717, 1.165) is 0 Å². The molecule has 0 fully saturated rings. The van der Waals surface area contributed by atoms with Gasteiger partial charge in [0, 0.05) is 0 Å². The number of para-hydroxylation sites is 1. The van der Waals surface area contributed by atoms with Crippen molar-refractivity contribution in [1.82, 2.24) is 0 Å². The van der Waals surface area contributed by atoms with E-state index < -0.39 is 21.7 Å². The molecule has 1 unspecified atom stereocenters. The highest BCUT2D eigenvalue weighted by atomic mass is 32.2. The first-order valence-electron chi connectivity index (χ1n) is 4.43. The third kappa shape index (κ3) is 1.70. The molecule has 0 saturated heterocycles. The first kappa shape index (κ1) is 10.4. The van der Waals surface area contributed by atoms with Crippen LogP contribution in [0.4, 0.5) is 10.1 Å². The Kier molecular flexibility index (Phi) is 2.40. The zero-order valence-electron chi connectivity index (χ0n) is 7.77. The summed E-state index contributed by atoms with van der Waals surface area (Å²) in [5, 5.41) is 11.6. The van der Waals surface area contributed by atoms with Crippen LogP contribution in [0.25, 0.3) is 0 Å². The second-order valence-electron chi connectivity index (χ2n) is 3.42. The largest absolute Gasteiger partial charge is 0.394 e. The molecule has 1 aliphatic heterocycles. The standard InChI is InChI=1S/C9H10FNO3S/c10-7-2-1-3-8-9(7)11-6(4-12)5-15(8,13)14/h1-3,6,11-12H,4-5H2. The monoisotopic (exact) mass is 231 g/mol. The van der Waals surface area contributed by atoms with Crippen LogP contribution >= 0.6 is 0 Å². The minimum Gasteiger partial charge on any atom is -0.394 e. The highest BCUT2D eigenvalue weighted by Crippen LogP contribution is 2.30. The Hall–Kier alpha value is -1.14. The average Bonchev–Trinajstić information content (AvgIpc) is 2.18. The van der Waals surface area contributed by atoms with E-state index in [1.54, 1.807) is 0 Å². The summed E-state index contributed by atoms with van der Waals surface area (Å²) in [4.78, 5) is -0.0350. The van der Waals surface area contributed by atoms with Gasteiger partial charge >= 0.3 is 0 Å². The van der Waals surface area contributed by atoms with Crippen molar-refractivity contribution in [2.45, 2.75) is 10.9 Å². The number of hydrogen-bond acceptors (Lipinski definition) is 4. The summed E-state index contributed by atoms with van der Waals surface area (Å²) < 4.78 is 36.7. The molecule has 15 heavy (non-hydrogen) atoms. The summed E-state index contributed by atoms with van der Waals surface area (Å²) in [6, 6.07) is 3.25. The van der Waals surface area contributed by atoms with Gasteiger partial charge < -0.3 is 10.4 Å². The number of nitrogens with one attached hydrogen (secondary N) is 1. The molecule has 0 bridgehead atoms. The van der Waals surface area contributed by atoms with Crippen molar-refractivity contribution in [2.24, 2.45) is 0 Å². The molecule has 2 rings (SSSR count). The Balaban J connectivity index is 2.60. The van der Waals surface area contributed by atoms with Gasteiger partial charge in [-0.05, 0) is 12.1 Å². The van der Waals surface area contributed by atoms with Crippen LogP contribution in [0.1, 0.15) is 0 Å². The molecular weight excluding hydrogens is 221 g/mol. The topological polar surface area (TPSA) is 66.4 Å². The number of benzene rings is 1. The van der Waals surface area contributed by atoms with Gasteiger partial charge in [-0.3, -0.25) is 0 Å². The van der Waals surface area contributed by atoms with Crippen molar-refractivity contribution < 1.29 is 17.9 Å². The van der Waals surface area contributed by atoms with Gasteiger partial charge in [0.2, 0.25) is 0 Å². The zero-order chi connectivity index (χ0) is 11.1. The molecule has 1 heterocycles. The molecule has 0 aliphatic carbocycles. The minimum atomic E-state index is -3.49. The van der Waals surface area contributed by atoms with Crippen LogP contribution in [-0.4, -0.2) is 31.9 Å². The number of aliphatic hydroxyl groups excluding tert-OH is 1. The Morgan fingerprint density at radius 1 is 1.53 bits per heavy atom. The maximum absolute atomic E-state index is 13.3. The van der Waals surface area contributed by atoms with E-state index in [0.29, 0.717) is 0 Å². The van der Waals surface area contributed by atoms with Gasteiger partial charge in [0.15, 0.2) is 9.84 Å². The molecule has 82 valence electrons. The van der Waals surface area contributed by atoms with Crippen molar-refractivity contribution in [3.05, 3.63) is 24.0 Å². The number of aliphatic hydroxyl groups is 1. The predicted octanol–water partition coefficient (Wildman–Crippen LogP) is 0.386. The van der Waals surface area contributed by atoms with E-state index in [1.165, 1.54) is 18.2 Å². The Morgan fingerprint density at radius 2 is 2.27 bits per heavy atom. The summed E-state index contributed by atoms with van der Waals surface area (Å²) >= 11 is 0. The Bertz CT molecular complexity index is 486. The van der Waals surface area contributed by atoms with Gasteiger partial charge in [0.1, 0.15) is 5.82 Å². The van der Waals surface area contributed by atoms with E-state index >= 15 is 0 Å². The normalized spacial score (nSPS) is 22.9. The molecule has 4 nitrogen and oxygen atoms in total. The summed E-state index contributed by atoms with van der Waals surface area (Å²) in [5.41, 5.74) is -0.0391. The quantitative estimate of drug-likeness (QED) is 0.733. The average molecular weight is 231 g/mol. The molecule has 0 saturated carbocycles. The van der Waals surface area contributed by atoms with E-state index in [-0.39, 0.29) is 22.9 Å². The van der Waals surface area contributed by atoms with Gasteiger partial charge in [0.25, 0.3) is 0 Å². The number of anilines is 1. The number of fused-ring (bicyclic) bond motifs is 1. The second kappa shape index (κ2) is 3.46. The van der Waals surface area contributed by atoms with Crippen LogP contribution in [0.15, 0.2) is 23.1 Å². The minimum absolute atomic E-state index is 0.0350. The first-order valence-corrected chi connectivity index (χ1v) is 6.08. The lowest BCUT2D eigenvalue weighted by Crippen LogP contribution is -2.37. The van der Waals surface area contributed by atoms with Crippen molar-refractivity contribution in [1.29, 1.82) is 0 Å². The fourth-order valence-electron chi connectivity index (χ4n) is 1.60. The van der Waals surface area contributed by atoms with E-state index in [2.05, 4.69) is 5.32 Å². The van der Waals surface area contributed by atoms with Crippen molar-refractivity contribution in [3.8, 4) is 0 Å². The number of rotatable bonds is 1. The van der Waals surface area contributed by atoms with Gasteiger partial charge in [-0.2, -0.15) is 0 Å². The van der Waals surface area contributed by atoms with Crippen LogP contribution in [-0.2, 0) is 9.84 Å². The Labute approximate surface area is 86.7 Å². The van der Waals surface area contributed by atoms with Crippen molar-refractivity contribution in [2.75, 3.05) is 17.7 Å². The highest BCUT2D eigenvalue weighted by molar-refractivity contribution is 7.91. The lowest BCUT2D eigenvalue weighted by atomic mass is 10.2. The van der Waals surface area contributed by atoms with Gasteiger partial charge in [-0.25, -0.2) is 12.8 Å². The number of sulfone groups is 1. The van der Waals surface area contributed by atoms with Crippen LogP contribution in [0, 0.1) is 5.82 Å². The molecule has 0 spiro atoms. The molecule has 1 atom stereocenters. The lowest BCUT2D eigenvalue weighted by molar-refractivity contribution is 0.280. The molecule has 1 aromatic rings. The second-order valence-corrected chi connectivity index (χ2v) is 5.42. The number of hydrogen-bond donors (Lipinski definition) is 2. The number of halogens is 1. The van der Waals surface area contributed by atoms with Crippen LogP contribution in [0.5, 0.6) is 0 Å². The maximum Gasteiger partial charge on any atom is 0.182 e. The zero-order valence-corrected chi connectivity index (χ0v) is 8.59. The summed E-state index contributed by atoms with van der Waals surface area (Å²) in [7, 11) is -3.49. The maximum atomic E-state index is 13.3. The van der Waals surface area contributed by atoms with Gasteiger partial charge in [0.05, 0.1) is 29.0 Å². The van der Waals surface area contributed by atoms with Crippen molar-refractivity contribution in [3.63, 3.8) is 0 Å². The van der Waals surface area contributed by atoms with Gasteiger partial charge in [-0.15, -0.1) is 0 Å². The predicted molar refractivity (Wildman–Crippen MR) is 52.9 cm³/mol. The summed E-state index contributed by atoms with van der Waals surface area (Å²) in [5.74, 6) is -0.825. The molecule has 1 aliphatic rings. The molecule has 0 amide bonds. The Morgan fingerprint density at radius 3 is 2.93 bits per heavy atom. The van der Waals surface area contributed by atoms with Crippen LogP contribution in [0.2, 0.25) is 0 Å². The first-order chi connectivity index (χ1) is 7.04. The van der Waals surface area contributed by atoms with E-state index in [4.69, 9.17) is 5.11 Å². The van der Waals surface area contributed by atoms with Crippen LogP contribution < -0.4 is 5.32 Å². The molecular formula is C9H10FNO3S. The fourth-order valence-corrected chi connectivity index (χ4v) is 3.25. The summed E-state index contributed by atoms with van der Waals surface area (Å²) in [6.45, 7) is -0.340. The van der Waals surface area contributed by atoms with E-state index in [9.17, 15) is 12.8 Å². The third-order valence-corrected chi connectivity index (χ3v) is 4.15. The molecule has 0 radical (unpaired) electrons. The lowest BCUT2D eigenvalue weighted by Gasteiger charge is -2.25. The SMILES string of the molecule is O=S1(=O)CC(CO)Nc2c(F)cccc21. The van der Waals surface area contributed by atoms with Crippen molar-refractivity contribution >= 4 is 15.5 Å². The molecule has 1 aromatic carbocycles. The van der Waals surface area contributed by atoms with Gasteiger partial charge in [-0.1, -0.05) is 6.07 Å². The molecule has 6 heteroatoms. The molecule has 0 aromatic heterocycles. The molecule has 2 N–H and O–H groups in total. The highest BCUT2D eigenvalue weighted by Gasteiger charge is 2.31. The summed E-state index contributed by atoms with van der Waals surface area (Å²) in [6.07, 6.45) is 0. The fraction of sp³-hybridized carbons (Fsp3) is 0.333. The third-order valence-electron chi connectivity index (χ3n) is 2.30. The van der Waals surface area contributed by atoms with Crippen LogP contribution in [0.3, 0.4) is 0 Å². The van der Waals surface area contributed by atoms with E-state index in [1.807, 2.05) is 0 Å². The smallest absolute Gasteiger partial charge is 0.182 e.